The molecule has 0 spiro atoms. The van der Waals surface area contributed by atoms with Crippen molar-refractivity contribution in [2.45, 2.75) is 43.6 Å². The number of hydrogen-bond acceptors (Lipinski definition) is 3. The van der Waals surface area contributed by atoms with Crippen LogP contribution >= 0.6 is 23.4 Å². The second-order valence-corrected chi connectivity index (χ2v) is 8.10. The van der Waals surface area contributed by atoms with Gasteiger partial charge in [-0.25, -0.2) is 0 Å². The lowest BCUT2D eigenvalue weighted by molar-refractivity contribution is -0.127. The van der Waals surface area contributed by atoms with Gasteiger partial charge < -0.3 is 10.1 Å². The van der Waals surface area contributed by atoms with Crippen molar-refractivity contribution in [1.82, 2.24) is 5.32 Å². The zero-order valence-electron chi connectivity index (χ0n) is 15.0. The number of halogens is 1. The Morgan fingerprint density at radius 2 is 1.88 bits per heavy atom. The zero-order chi connectivity index (χ0) is 18.4. The Kier molecular flexibility index (Phi) is 6.86. The topological polar surface area (TPSA) is 38.3 Å². The summed E-state index contributed by atoms with van der Waals surface area (Å²) in [7, 11) is 0. The normalized spacial score (nSPS) is 14.4. The SMILES string of the molecule is C[C@H](Oc1ccc2c(c1)CCCC2)C(=O)NCCSc1ccc(Cl)cc1. The van der Waals surface area contributed by atoms with Gasteiger partial charge in [0.2, 0.25) is 0 Å². The predicted octanol–water partition coefficient (Wildman–Crippen LogP) is 4.89. The first-order chi connectivity index (χ1) is 12.6. The van der Waals surface area contributed by atoms with Gasteiger partial charge in [0.25, 0.3) is 5.91 Å². The van der Waals surface area contributed by atoms with E-state index in [0.717, 1.165) is 34.3 Å². The largest absolute Gasteiger partial charge is 0.481 e. The van der Waals surface area contributed by atoms with Crippen molar-refractivity contribution in [2.75, 3.05) is 12.3 Å². The van der Waals surface area contributed by atoms with Crippen LogP contribution in [0.15, 0.2) is 47.4 Å². The fourth-order valence-electron chi connectivity index (χ4n) is 3.06. The van der Waals surface area contributed by atoms with Crippen LogP contribution in [0.25, 0.3) is 0 Å². The van der Waals surface area contributed by atoms with Gasteiger partial charge in [-0.3, -0.25) is 4.79 Å². The van der Waals surface area contributed by atoms with E-state index in [0.29, 0.717) is 6.54 Å². The maximum Gasteiger partial charge on any atom is 0.260 e. The maximum atomic E-state index is 12.2. The standard InChI is InChI=1S/C21H24ClNO2S/c1-15(25-19-9-6-16-4-2-3-5-17(16)14-19)21(24)23-12-13-26-20-10-7-18(22)8-11-20/h6-11,14-15H,2-5,12-13H2,1H3,(H,23,24)/t15-/m0/s1. The van der Waals surface area contributed by atoms with Crippen molar-refractivity contribution in [3.8, 4) is 5.75 Å². The van der Waals surface area contributed by atoms with Crippen LogP contribution in [-0.4, -0.2) is 24.3 Å². The number of rotatable bonds is 7. The molecule has 0 saturated heterocycles. The molecule has 0 radical (unpaired) electrons. The Hall–Kier alpha value is -1.65. The summed E-state index contributed by atoms with van der Waals surface area (Å²) in [4.78, 5) is 13.4. The minimum absolute atomic E-state index is 0.0839. The molecule has 0 aromatic heterocycles. The molecule has 0 saturated carbocycles. The molecule has 1 amide bonds. The van der Waals surface area contributed by atoms with E-state index in [2.05, 4.69) is 17.4 Å². The van der Waals surface area contributed by atoms with Gasteiger partial charge in [0.1, 0.15) is 5.75 Å². The minimum atomic E-state index is -0.503. The summed E-state index contributed by atoms with van der Waals surface area (Å²) < 4.78 is 5.84. The Balaban J connectivity index is 1.42. The zero-order valence-corrected chi connectivity index (χ0v) is 16.5. The van der Waals surface area contributed by atoms with Crippen molar-refractivity contribution in [3.63, 3.8) is 0 Å². The number of fused-ring (bicyclic) bond motifs is 1. The molecule has 5 heteroatoms. The molecule has 3 rings (SSSR count). The molecule has 3 nitrogen and oxygen atoms in total. The highest BCUT2D eigenvalue weighted by Crippen LogP contribution is 2.26. The highest BCUT2D eigenvalue weighted by Gasteiger charge is 2.16. The van der Waals surface area contributed by atoms with Gasteiger partial charge in [-0.2, -0.15) is 0 Å². The van der Waals surface area contributed by atoms with Crippen LogP contribution in [-0.2, 0) is 17.6 Å². The van der Waals surface area contributed by atoms with Crippen molar-refractivity contribution in [2.24, 2.45) is 0 Å². The highest BCUT2D eigenvalue weighted by atomic mass is 35.5. The van der Waals surface area contributed by atoms with Crippen LogP contribution in [0.3, 0.4) is 0 Å². The lowest BCUT2D eigenvalue weighted by Crippen LogP contribution is -2.37. The van der Waals surface area contributed by atoms with Gasteiger partial charge in [0, 0.05) is 22.2 Å². The van der Waals surface area contributed by atoms with E-state index in [9.17, 15) is 4.79 Å². The number of amides is 1. The Bertz CT molecular complexity index is 748. The molecular weight excluding hydrogens is 366 g/mol. The third-order valence-corrected chi connectivity index (χ3v) is 5.75. The second kappa shape index (κ2) is 9.33. The molecule has 2 aromatic carbocycles. The van der Waals surface area contributed by atoms with Crippen molar-refractivity contribution >= 4 is 29.3 Å². The lowest BCUT2D eigenvalue weighted by atomic mass is 9.92. The van der Waals surface area contributed by atoms with E-state index in [1.807, 2.05) is 30.3 Å². The van der Waals surface area contributed by atoms with Gasteiger partial charge in [-0.15, -0.1) is 11.8 Å². The summed E-state index contributed by atoms with van der Waals surface area (Å²) >= 11 is 7.56. The molecule has 0 heterocycles. The van der Waals surface area contributed by atoms with E-state index in [1.165, 1.54) is 24.0 Å². The molecular formula is C21H24ClNO2S. The number of thioether (sulfide) groups is 1. The fourth-order valence-corrected chi connectivity index (χ4v) is 3.95. The third-order valence-electron chi connectivity index (χ3n) is 4.49. The first kappa shape index (κ1) is 19.1. The van der Waals surface area contributed by atoms with Crippen LogP contribution in [0, 0.1) is 0 Å². The smallest absolute Gasteiger partial charge is 0.260 e. The number of hydrogen-bond donors (Lipinski definition) is 1. The molecule has 1 aliphatic rings. The van der Waals surface area contributed by atoms with Crippen LogP contribution in [0.4, 0.5) is 0 Å². The van der Waals surface area contributed by atoms with Crippen LogP contribution in [0.5, 0.6) is 5.75 Å². The van der Waals surface area contributed by atoms with Gasteiger partial charge in [-0.1, -0.05) is 17.7 Å². The second-order valence-electron chi connectivity index (χ2n) is 6.49. The van der Waals surface area contributed by atoms with Crippen LogP contribution < -0.4 is 10.1 Å². The number of carbonyl (C=O) groups excluding carboxylic acids is 1. The van der Waals surface area contributed by atoms with Gasteiger partial charge in [0.15, 0.2) is 6.10 Å². The molecule has 1 aliphatic carbocycles. The predicted molar refractivity (Wildman–Crippen MR) is 108 cm³/mol. The fraction of sp³-hybridized carbons (Fsp3) is 0.381. The van der Waals surface area contributed by atoms with Gasteiger partial charge in [0.05, 0.1) is 0 Å². The molecule has 0 fully saturated rings. The number of benzene rings is 2. The molecule has 0 aliphatic heterocycles. The quantitative estimate of drug-likeness (QED) is 0.541. The average molecular weight is 390 g/mol. The van der Waals surface area contributed by atoms with Gasteiger partial charge in [-0.05, 0) is 80.1 Å². The van der Waals surface area contributed by atoms with Crippen molar-refractivity contribution in [1.29, 1.82) is 0 Å². The Labute approximate surface area is 164 Å². The summed E-state index contributed by atoms with van der Waals surface area (Å²) in [6.07, 6.45) is 4.25. The van der Waals surface area contributed by atoms with Gasteiger partial charge >= 0.3 is 0 Å². The Morgan fingerprint density at radius 1 is 1.15 bits per heavy atom. The lowest BCUT2D eigenvalue weighted by Gasteiger charge is -2.19. The van der Waals surface area contributed by atoms with Crippen LogP contribution in [0.1, 0.15) is 30.9 Å². The van der Waals surface area contributed by atoms with Crippen molar-refractivity contribution in [3.05, 3.63) is 58.6 Å². The number of carbonyl (C=O) groups is 1. The molecule has 26 heavy (non-hydrogen) atoms. The van der Waals surface area contributed by atoms with E-state index >= 15 is 0 Å². The first-order valence-corrected chi connectivity index (χ1v) is 10.4. The molecule has 2 aromatic rings. The third kappa shape index (κ3) is 5.42. The van der Waals surface area contributed by atoms with E-state index < -0.39 is 6.10 Å². The van der Waals surface area contributed by atoms with Crippen molar-refractivity contribution < 1.29 is 9.53 Å². The van der Waals surface area contributed by atoms with E-state index in [-0.39, 0.29) is 5.91 Å². The number of nitrogens with one attached hydrogen (secondary N) is 1. The molecule has 138 valence electrons. The molecule has 0 unspecified atom stereocenters. The number of ether oxygens (including phenoxy) is 1. The monoisotopic (exact) mass is 389 g/mol. The van der Waals surface area contributed by atoms with E-state index in [4.69, 9.17) is 16.3 Å². The molecule has 1 N–H and O–H groups in total. The Morgan fingerprint density at radius 3 is 2.65 bits per heavy atom. The average Bonchev–Trinajstić information content (AvgIpc) is 2.66. The highest BCUT2D eigenvalue weighted by molar-refractivity contribution is 7.99. The summed E-state index contributed by atoms with van der Waals surface area (Å²) in [6.45, 7) is 2.39. The minimum Gasteiger partial charge on any atom is -0.481 e. The first-order valence-electron chi connectivity index (χ1n) is 9.06. The maximum absolute atomic E-state index is 12.2. The summed E-state index contributed by atoms with van der Waals surface area (Å²) in [5.41, 5.74) is 2.78. The summed E-state index contributed by atoms with van der Waals surface area (Å²) in [6, 6.07) is 13.9. The van der Waals surface area contributed by atoms with Crippen LogP contribution in [0.2, 0.25) is 5.02 Å². The number of aryl methyl sites for hydroxylation is 2. The summed E-state index contributed by atoms with van der Waals surface area (Å²) in [5, 5.41) is 3.67. The molecule has 0 bridgehead atoms. The summed E-state index contributed by atoms with van der Waals surface area (Å²) in [5.74, 6) is 1.50. The molecule has 1 atom stereocenters. The van der Waals surface area contributed by atoms with E-state index in [1.54, 1.807) is 18.7 Å².